The standard InChI is InChI=1S/C14H22N2O3/c1-4-11(15)9-12-13(6-5-10(2)16-12)19-8-7-14(17)18-3/h5-6,11H,4,7-9,15H2,1-3H3. The lowest BCUT2D eigenvalue weighted by Crippen LogP contribution is -2.22. The Morgan fingerprint density at radius 3 is 2.84 bits per heavy atom. The van der Waals surface area contributed by atoms with Crippen molar-refractivity contribution in [3.8, 4) is 5.75 Å². The van der Waals surface area contributed by atoms with Crippen molar-refractivity contribution in [2.24, 2.45) is 5.73 Å². The van der Waals surface area contributed by atoms with E-state index < -0.39 is 0 Å². The number of pyridine rings is 1. The van der Waals surface area contributed by atoms with Crippen LogP contribution in [0.3, 0.4) is 0 Å². The van der Waals surface area contributed by atoms with Crippen LogP contribution < -0.4 is 10.5 Å². The number of nitrogens with two attached hydrogens (primary N) is 1. The molecule has 0 amide bonds. The van der Waals surface area contributed by atoms with Crippen molar-refractivity contribution in [2.75, 3.05) is 13.7 Å². The molecule has 0 aliphatic rings. The summed E-state index contributed by atoms with van der Waals surface area (Å²) in [5.41, 5.74) is 7.73. The minimum absolute atomic E-state index is 0.0669. The predicted molar refractivity (Wildman–Crippen MR) is 73.1 cm³/mol. The van der Waals surface area contributed by atoms with Crippen LogP contribution >= 0.6 is 0 Å². The summed E-state index contributed by atoms with van der Waals surface area (Å²) < 4.78 is 10.2. The lowest BCUT2D eigenvalue weighted by molar-refractivity contribution is -0.141. The summed E-state index contributed by atoms with van der Waals surface area (Å²) in [6, 6.07) is 3.82. The lowest BCUT2D eigenvalue weighted by Gasteiger charge is -2.14. The number of aromatic nitrogens is 1. The van der Waals surface area contributed by atoms with Crippen molar-refractivity contribution in [2.45, 2.75) is 39.2 Å². The molecule has 0 radical (unpaired) electrons. The molecule has 0 aliphatic carbocycles. The van der Waals surface area contributed by atoms with Crippen molar-refractivity contribution in [1.82, 2.24) is 4.98 Å². The highest BCUT2D eigenvalue weighted by Crippen LogP contribution is 2.19. The lowest BCUT2D eigenvalue weighted by atomic mass is 10.1. The molecule has 1 rings (SSSR count). The third-order valence-corrected chi connectivity index (χ3v) is 2.84. The average Bonchev–Trinajstić information content (AvgIpc) is 2.40. The van der Waals surface area contributed by atoms with E-state index in [0.29, 0.717) is 12.2 Å². The summed E-state index contributed by atoms with van der Waals surface area (Å²) in [7, 11) is 1.36. The molecule has 0 aromatic carbocycles. The first-order chi connectivity index (χ1) is 9.06. The Bertz CT molecular complexity index is 421. The van der Waals surface area contributed by atoms with Crippen LogP contribution in [0.4, 0.5) is 0 Å². The van der Waals surface area contributed by atoms with E-state index in [-0.39, 0.29) is 25.0 Å². The number of hydrogen-bond acceptors (Lipinski definition) is 5. The van der Waals surface area contributed by atoms with Gasteiger partial charge < -0.3 is 15.2 Å². The number of carbonyl (C=O) groups is 1. The predicted octanol–water partition coefficient (Wildman–Crippen LogP) is 1.61. The van der Waals surface area contributed by atoms with E-state index in [1.54, 1.807) is 0 Å². The fourth-order valence-electron chi connectivity index (χ4n) is 1.61. The Kier molecular flexibility index (Phi) is 6.29. The van der Waals surface area contributed by atoms with Gasteiger partial charge in [-0.1, -0.05) is 6.92 Å². The van der Waals surface area contributed by atoms with E-state index >= 15 is 0 Å². The summed E-state index contributed by atoms with van der Waals surface area (Å²) in [6.45, 7) is 4.25. The van der Waals surface area contributed by atoms with Crippen LogP contribution in [0, 0.1) is 6.92 Å². The molecule has 0 aliphatic heterocycles. The Hall–Kier alpha value is -1.62. The SMILES string of the molecule is CCC(N)Cc1nc(C)ccc1OCCC(=O)OC. The molecule has 0 bridgehead atoms. The maximum absolute atomic E-state index is 11.0. The van der Waals surface area contributed by atoms with Gasteiger partial charge in [0.15, 0.2) is 0 Å². The molecule has 2 N–H and O–H groups in total. The fourth-order valence-corrected chi connectivity index (χ4v) is 1.61. The summed E-state index contributed by atoms with van der Waals surface area (Å²) >= 11 is 0. The van der Waals surface area contributed by atoms with Crippen LogP contribution in [0.1, 0.15) is 31.2 Å². The molecule has 1 aromatic rings. The number of aryl methyl sites for hydroxylation is 1. The van der Waals surface area contributed by atoms with Crippen LogP contribution in [-0.2, 0) is 16.0 Å². The van der Waals surface area contributed by atoms with Crippen molar-refractivity contribution in [3.05, 3.63) is 23.5 Å². The number of methoxy groups -OCH3 is 1. The number of nitrogens with zero attached hydrogens (tertiary/aromatic N) is 1. The second kappa shape index (κ2) is 7.74. The normalized spacial score (nSPS) is 12.0. The van der Waals surface area contributed by atoms with E-state index in [1.165, 1.54) is 7.11 Å². The molecule has 0 fully saturated rings. The van der Waals surface area contributed by atoms with Gasteiger partial charge in [0.2, 0.25) is 0 Å². The van der Waals surface area contributed by atoms with Gasteiger partial charge in [-0.05, 0) is 25.5 Å². The van der Waals surface area contributed by atoms with Gasteiger partial charge in [0.05, 0.1) is 25.8 Å². The van der Waals surface area contributed by atoms with Crippen LogP contribution in [0.5, 0.6) is 5.75 Å². The maximum atomic E-state index is 11.0. The summed E-state index contributed by atoms with van der Waals surface area (Å²) in [6.07, 6.45) is 1.78. The summed E-state index contributed by atoms with van der Waals surface area (Å²) in [5, 5.41) is 0. The minimum atomic E-state index is -0.285. The highest BCUT2D eigenvalue weighted by molar-refractivity contribution is 5.69. The smallest absolute Gasteiger partial charge is 0.308 e. The molecule has 0 saturated carbocycles. The van der Waals surface area contributed by atoms with Gasteiger partial charge in [-0.3, -0.25) is 9.78 Å². The highest BCUT2D eigenvalue weighted by Gasteiger charge is 2.11. The van der Waals surface area contributed by atoms with E-state index in [2.05, 4.69) is 9.72 Å². The van der Waals surface area contributed by atoms with Gasteiger partial charge in [-0.25, -0.2) is 0 Å². The Balaban J connectivity index is 2.67. The quantitative estimate of drug-likeness (QED) is 0.759. The highest BCUT2D eigenvalue weighted by atomic mass is 16.5. The first kappa shape index (κ1) is 15.4. The summed E-state index contributed by atoms with van der Waals surface area (Å²) in [4.78, 5) is 15.5. The number of hydrogen-bond donors (Lipinski definition) is 1. The largest absolute Gasteiger partial charge is 0.491 e. The molecular weight excluding hydrogens is 244 g/mol. The maximum Gasteiger partial charge on any atom is 0.308 e. The zero-order valence-corrected chi connectivity index (χ0v) is 11.8. The van der Waals surface area contributed by atoms with Gasteiger partial charge in [0.1, 0.15) is 5.75 Å². The Morgan fingerprint density at radius 2 is 2.21 bits per heavy atom. The molecule has 1 unspecified atom stereocenters. The van der Waals surface area contributed by atoms with Crippen molar-refractivity contribution >= 4 is 5.97 Å². The topological polar surface area (TPSA) is 74.4 Å². The molecule has 106 valence electrons. The molecule has 1 atom stereocenters. The third-order valence-electron chi connectivity index (χ3n) is 2.84. The zero-order valence-electron chi connectivity index (χ0n) is 11.8. The van der Waals surface area contributed by atoms with Gasteiger partial charge >= 0.3 is 5.97 Å². The third kappa shape index (κ3) is 5.26. The molecule has 19 heavy (non-hydrogen) atoms. The van der Waals surface area contributed by atoms with E-state index in [1.807, 2.05) is 26.0 Å². The number of rotatable bonds is 7. The van der Waals surface area contributed by atoms with Crippen molar-refractivity contribution in [3.63, 3.8) is 0 Å². The van der Waals surface area contributed by atoms with Crippen LogP contribution in [-0.4, -0.2) is 30.7 Å². The van der Waals surface area contributed by atoms with Crippen LogP contribution in [0.2, 0.25) is 0 Å². The van der Waals surface area contributed by atoms with Crippen molar-refractivity contribution in [1.29, 1.82) is 0 Å². The number of esters is 1. The summed E-state index contributed by atoms with van der Waals surface area (Å²) in [5.74, 6) is 0.408. The molecular formula is C14H22N2O3. The molecule has 5 nitrogen and oxygen atoms in total. The first-order valence-corrected chi connectivity index (χ1v) is 6.48. The monoisotopic (exact) mass is 266 g/mol. The number of carbonyl (C=O) groups excluding carboxylic acids is 1. The van der Waals surface area contributed by atoms with Gasteiger partial charge in [-0.15, -0.1) is 0 Å². The fraction of sp³-hybridized carbons (Fsp3) is 0.571. The van der Waals surface area contributed by atoms with Gasteiger partial charge in [0.25, 0.3) is 0 Å². The Morgan fingerprint density at radius 1 is 1.47 bits per heavy atom. The Labute approximate surface area is 114 Å². The van der Waals surface area contributed by atoms with Gasteiger partial charge in [0, 0.05) is 18.2 Å². The van der Waals surface area contributed by atoms with E-state index in [4.69, 9.17) is 10.5 Å². The van der Waals surface area contributed by atoms with Gasteiger partial charge in [-0.2, -0.15) is 0 Å². The van der Waals surface area contributed by atoms with Crippen LogP contribution in [0.25, 0.3) is 0 Å². The molecule has 1 heterocycles. The van der Waals surface area contributed by atoms with E-state index in [9.17, 15) is 4.79 Å². The average molecular weight is 266 g/mol. The second-order valence-electron chi connectivity index (χ2n) is 4.44. The molecule has 0 saturated heterocycles. The first-order valence-electron chi connectivity index (χ1n) is 6.48. The van der Waals surface area contributed by atoms with E-state index in [0.717, 1.165) is 17.8 Å². The number of ether oxygens (including phenoxy) is 2. The van der Waals surface area contributed by atoms with Crippen LogP contribution in [0.15, 0.2) is 12.1 Å². The minimum Gasteiger partial charge on any atom is -0.491 e. The molecule has 0 spiro atoms. The zero-order chi connectivity index (χ0) is 14.3. The molecule has 5 heteroatoms. The molecule has 1 aromatic heterocycles. The second-order valence-corrected chi connectivity index (χ2v) is 4.44. The van der Waals surface area contributed by atoms with Crippen molar-refractivity contribution < 1.29 is 14.3 Å².